The third-order valence-corrected chi connectivity index (χ3v) is 2.59. The lowest BCUT2D eigenvalue weighted by molar-refractivity contribution is 0.393. The molecule has 1 atom stereocenters. The van der Waals surface area contributed by atoms with Crippen LogP contribution in [0, 0.1) is 0 Å². The van der Waals surface area contributed by atoms with E-state index in [0.29, 0.717) is 6.10 Å². The molecule has 74 valence electrons. The summed E-state index contributed by atoms with van der Waals surface area (Å²) in [6.07, 6.45) is 4.02. The molecule has 1 aliphatic rings. The number of epoxide rings is 1. The zero-order valence-corrected chi connectivity index (χ0v) is 8.41. The van der Waals surface area contributed by atoms with Crippen LogP contribution >= 0.6 is 0 Å². The molecule has 1 heterocycles. The number of ether oxygens (including phenoxy) is 1. The lowest BCUT2D eigenvalue weighted by Crippen LogP contribution is -1.87. The van der Waals surface area contributed by atoms with Crippen LogP contribution in [0.2, 0.25) is 0 Å². The lowest BCUT2D eigenvalue weighted by Gasteiger charge is -2.04. The van der Waals surface area contributed by atoms with Crippen LogP contribution in [0.15, 0.2) is 36.9 Å². The average molecular weight is 188 g/mol. The molecule has 14 heavy (non-hydrogen) atoms. The van der Waals surface area contributed by atoms with Crippen molar-refractivity contribution in [1.29, 1.82) is 0 Å². The third-order valence-electron chi connectivity index (χ3n) is 2.59. The van der Waals surface area contributed by atoms with Crippen molar-refractivity contribution in [2.75, 3.05) is 6.61 Å². The topological polar surface area (TPSA) is 12.5 Å². The van der Waals surface area contributed by atoms with E-state index in [1.807, 2.05) is 6.07 Å². The van der Waals surface area contributed by atoms with Gasteiger partial charge < -0.3 is 4.74 Å². The van der Waals surface area contributed by atoms with Crippen molar-refractivity contribution in [3.05, 3.63) is 42.5 Å². The predicted octanol–water partition coefficient (Wildman–Crippen LogP) is 3.27. The van der Waals surface area contributed by atoms with Crippen LogP contribution in [0.3, 0.4) is 0 Å². The van der Waals surface area contributed by atoms with Crippen molar-refractivity contribution in [2.24, 2.45) is 0 Å². The predicted molar refractivity (Wildman–Crippen MR) is 59.1 cm³/mol. The maximum atomic E-state index is 5.17. The van der Waals surface area contributed by atoms with E-state index in [4.69, 9.17) is 4.74 Å². The van der Waals surface area contributed by atoms with Crippen LogP contribution < -0.4 is 0 Å². The summed E-state index contributed by atoms with van der Waals surface area (Å²) in [6.45, 7) is 5.07. The fourth-order valence-corrected chi connectivity index (χ4v) is 1.60. The first kappa shape index (κ1) is 9.47. The van der Waals surface area contributed by atoms with E-state index >= 15 is 0 Å². The minimum Gasteiger partial charge on any atom is -0.373 e. The van der Waals surface area contributed by atoms with Gasteiger partial charge in [-0.3, -0.25) is 0 Å². The molecule has 2 rings (SSSR count). The van der Waals surface area contributed by atoms with E-state index < -0.39 is 0 Å². The van der Waals surface area contributed by atoms with Crippen molar-refractivity contribution in [1.82, 2.24) is 0 Å². The van der Waals surface area contributed by atoms with Gasteiger partial charge in [0.05, 0.1) is 12.7 Å². The Morgan fingerprint density at radius 2 is 2.07 bits per heavy atom. The Labute approximate surface area is 85.4 Å². The molecule has 1 aliphatic heterocycles. The summed E-state index contributed by atoms with van der Waals surface area (Å²) >= 11 is 0. The van der Waals surface area contributed by atoms with Gasteiger partial charge in [-0.25, -0.2) is 0 Å². The quantitative estimate of drug-likeness (QED) is 0.646. The summed E-state index contributed by atoms with van der Waals surface area (Å²) in [6, 6.07) is 10.4. The van der Waals surface area contributed by atoms with E-state index in [2.05, 4.69) is 30.8 Å². The van der Waals surface area contributed by atoms with Crippen LogP contribution in [-0.4, -0.2) is 12.7 Å². The Balaban J connectivity index is 1.77. The van der Waals surface area contributed by atoms with E-state index in [1.165, 1.54) is 24.0 Å². The van der Waals surface area contributed by atoms with E-state index in [9.17, 15) is 0 Å². The van der Waals surface area contributed by atoms with Crippen LogP contribution in [0.4, 0.5) is 0 Å². The molecule has 0 radical (unpaired) electrons. The van der Waals surface area contributed by atoms with Gasteiger partial charge in [0.2, 0.25) is 0 Å². The summed E-state index contributed by atoms with van der Waals surface area (Å²) in [5.41, 5.74) is 2.51. The van der Waals surface area contributed by atoms with Gasteiger partial charge in [0, 0.05) is 0 Å². The van der Waals surface area contributed by atoms with Crippen LogP contribution in [-0.2, 0) is 4.74 Å². The third kappa shape index (κ3) is 2.71. The molecule has 1 nitrogen and oxygen atoms in total. The highest BCUT2D eigenvalue weighted by atomic mass is 16.6. The molecule has 0 bridgehead atoms. The van der Waals surface area contributed by atoms with Gasteiger partial charge in [-0.05, 0) is 30.4 Å². The van der Waals surface area contributed by atoms with Crippen molar-refractivity contribution in [3.8, 4) is 0 Å². The maximum Gasteiger partial charge on any atom is 0.0810 e. The highest BCUT2D eigenvalue weighted by Gasteiger charge is 2.21. The molecule has 1 saturated heterocycles. The molecule has 1 aromatic carbocycles. The first-order valence-electron chi connectivity index (χ1n) is 5.21. The SMILES string of the molecule is C=C(CCCC1CO1)c1ccccc1. The summed E-state index contributed by atoms with van der Waals surface area (Å²) in [4.78, 5) is 0. The zero-order chi connectivity index (χ0) is 9.80. The Hall–Kier alpha value is -1.08. The van der Waals surface area contributed by atoms with Gasteiger partial charge in [0.15, 0.2) is 0 Å². The number of hydrogen-bond acceptors (Lipinski definition) is 1. The molecular weight excluding hydrogens is 172 g/mol. The Morgan fingerprint density at radius 3 is 2.71 bits per heavy atom. The van der Waals surface area contributed by atoms with Gasteiger partial charge in [0.25, 0.3) is 0 Å². The molecular formula is C13H16O. The molecule has 1 unspecified atom stereocenters. The van der Waals surface area contributed by atoms with Gasteiger partial charge >= 0.3 is 0 Å². The van der Waals surface area contributed by atoms with Gasteiger partial charge in [0.1, 0.15) is 0 Å². The number of rotatable bonds is 5. The standard InChI is InChI=1S/C13H16O/c1-11(6-5-9-13-10-14-13)12-7-3-2-4-8-12/h2-4,7-8,13H,1,5-6,9-10H2. The number of benzene rings is 1. The fraction of sp³-hybridized carbons (Fsp3) is 0.385. The summed E-state index contributed by atoms with van der Waals surface area (Å²) in [5, 5.41) is 0. The van der Waals surface area contributed by atoms with Crippen LogP contribution in [0.1, 0.15) is 24.8 Å². The molecule has 0 aromatic heterocycles. The maximum absolute atomic E-state index is 5.17. The summed E-state index contributed by atoms with van der Waals surface area (Å²) in [7, 11) is 0. The highest BCUT2D eigenvalue weighted by Crippen LogP contribution is 2.22. The molecule has 0 N–H and O–H groups in total. The Morgan fingerprint density at radius 1 is 1.36 bits per heavy atom. The molecule has 0 aliphatic carbocycles. The Kier molecular flexibility index (Phi) is 3.00. The normalized spacial score (nSPS) is 19.3. The van der Waals surface area contributed by atoms with E-state index in [-0.39, 0.29) is 0 Å². The van der Waals surface area contributed by atoms with Gasteiger partial charge in [-0.2, -0.15) is 0 Å². The molecule has 0 saturated carbocycles. The van der Waals surface area contributed by atoms with Gasteiger partial charge in [-0.15, -0.1) is 0 Å². The molecule has 0 amide bonds. The lowest BCUT2D eigenvalue weighted by atomic mass is 10.0. The van der Waals surface area contributed by atoms with E-state index in [1.54, 1.807) is 0 Å². The molecule has 1 fully saturated rings. The first-order valence-corrected chi connectivity index (χ1v) is 5.21. The Bertz CT molecular complexity index is 298. The second-order valence-corrected chi connectivity index (χ2v) is 3.82. The fourth-order valence-electron chi connectivity index (χ4n) is 1.60. The van der Waals surface area contributed by atoms with Crippen LogP contribution in [0.5, 0.6) is 0 Å². The zero-order valence-electron chi connectivity index (χ0n) is 8.41. The second kappa shape index (κ2) is 4.43. The number of hydrogen-bond donors (Lipinski definition) is 0. The monoisotopic (exact) mass is 188 g/mol. The van der Waals surface area contributed by atoms with Crippen molar-refractivity contribution in [2.45, 2.75) is 25.4 Å². The minimum atomic E-state index is 0.554. The summed E-state index contributed by atoms with van der Waals surface area (Å²) < 4.78 is 5.17. The minimum absolute atomic E-state index is 0.554. The largest absolute Gasteiger partial charge is 0.373 e. The number of allylic oxidation sites excluding steroid dienone is 1. The molecule has 0 spiro atoms. The molecule has 1 aromatic rings. The van der Waals surface area contributed by atoms with Gasteiger partial charge in [-0.1, -0.05) is 36.9 Å². The van der Waals surface area contributed by atoms with E-state index in [0.717, 1.165) is 13.0 Å². The molecule has 1 heteroatoms. The second-order valence-electron chi connectivity index (χ2n) is 3.82. The van der Waals surface area contributed by atoms with Crippen molar-refractivity contribution >= 4 is 5.57 Å². The first-order chi connectivity index (χ1) is 6.86. The highest BCUT2D eigenvalue weighted by molar-refractivity contribution is 5.62. The van der Waals surface area contributed by atoms with Crippen molar-refractivity contribution in [3.63, 3.8) is 0 Å². The smallest absolute Gasteiger partial charge is 0.0810 e. The van der Waals surface area contributed by atoms with Crippen LogP contribution in [0.25, 0.3) is 5.57 Å². The summed E-state index contributed by atoms with van der Waals surface area (Å²) in [5.74, 6) is 0. The van der Waals surface area contributed by atoms with Crippen molar-refractivity contribution < 1.29 is 4.74 Å². The average Bonchev–Trinajstić information content (AvgIpc) is 3.03.